The highest BCUT2D eigenvalue weighted by atomic mass is 16.5. The Morgan fingerprint density at radius 1 is 1.00 bits per heavy atom. The summed E-state index contributed by atoms with van der Waals surface area (Å²) in [5.74, 6) is -3.71. The summed E-state index contributed by atoms with van der Waals surface area (Å²) in [4.78, 5) is 80.0. The quantitative estimate of drug-likeness (QED) is 0.429. The van der Waals surface area contributed by atoms with Crippen LogP contribution in [0, 0.1) is 0 Å². The van der Waals surface area contributed by atoms with Crippen LogP contribution in [0.2, 0.25) is 0 Å². The Kier molecular flexibility index (Phi) is 7.21. The summed E-state index contributed by atoms with van der Waals surface area (Å²) in [6, 6.07) is 5.09. The van der Waals surface area contributed by atoms with Gasteiger partial charge in [-0.1, -0.05) is 18.6 Å². The van der Waals surface area contributed by atoms with E-state index >= 15 is 0 Å². The van der Waals surface area contributed by atoms with Crippen molar-refractivity contribution in [2.45, 2.75) is 57.5 Å². The van der Waals surface area contributed by atoms with Gasteiger partial charge >= 0.3 is 5.97 Å². The zero-order chi connectivity index (χ0) is 26.0. The number of ether oxygens (including phenoxy) is 1. The fourth-order valence-electron chi connectivity index (χ4n) is 4.75. The number of nitrogens with one attached hydrogen (secondary N) is 1. The molecule has 1 unspecified atom stereocenters. The molecule has 5 amide bonds. The van der Waals surface area contributed by atoms with E-state index in [0.29, 0.717) is 0 Å². The summed E-state index contributed by atoms with van der Waals surface area (Å²) in [6.45, 7) is 4.09. The summed E-state index contributed by atoms with van der Waals surface area (Å²) in [6.07, 6.45) is 3.08. The number of likely N-dealkylation sites (tertiary alicyclic amines) is 2. The monoisotopic (exact) mass is 498 g/mol. The van der Waals surface area contributed by atoms with Gasteiger partial charge < -0.3 is 10.1 Å². The highest BCUT2D eigenvalue weighted by Crippen LogP contribution is 2.29. The number of esters is 1. The van der Waals surface area contributed by atoms with Crippen molar-refractivity contribution in [1.29, 1.82) is 0 Å². The molecule has 11 heteroatoms. The van der Waals surface area contributed by atoms with Crippen molar-refractivity contribution >= 4 is 35.5 Å². The minimum Gasteiger partial charge on any atom is -0.442 e. The van der Waals surface area contributed by atoms with Crippen LogP contribution in [0.5, 0.6) is 0 Å². The van der Waals surface area contributed by atoms with E-state index in [1.165, 1.54) is 26.0 Å². The van der Waals surface area contributed by atoms with Gasteiger partial charge in [0.05, 0.1) is 17.7 Å². The zero-order valence-corrected chi connectivity index (χ0v) is 20.5. The lowest BCUT2D eigenvalue weighted by Gasteiger charge is -2.34. The minimum absolute atomic E-state index is 0.00830. The van der Waals surface area contributed by atoms with Gasteiger partial charge in [-0.15, -0.1) is 0 Å². The molecule has 2 saturated heterocycles. The fraction of sp³-hybridized carbons (Fsp3) is 0.520. The van der Waals surface area contributed by atoms with Gasteiger partial charge in [-0.2, -0.15) is 0 Å². The predicted octanol–water partition coefficient (Wildman–Crippen LogP) is 0.682. The number of rotatable bonds is 7. The number of carbonyl (C=O) groups is 6. The second kappa shape index (κ2) is 10.2. The summed E-state index contributed by atoms with van der Waals surface area (Å²) in [7, 11) is 0. The van der Waals surface area contributed by atoms with Crippen molar-refractivity contribution in [2.24, 2.45) is 0 Å². The smallest absolute Gasteiger partial charge is 0.333 e. The third kappa shape index (κ3) is 5.01. The standard InChI is InChI=1S/C25H30N4O7/c1-25(2,26-19(30)14-27-12-6-3-7-13-27)24(35)36-15-28-20(31)11-10-18(23(28)34)29-21(32)16-8-4-5-9-17(16)22(29)33/h4-5,8-9,18H,3,6-7,10-15H2,1-2H3,(H,26,30). The first-order valence-corrected chi connectivity index (χ1v) is 12.1. The maximum atomic E-state index is 13.1. The molecule has 192 valence electrons. The molecule has 3 aliphatic heterocycles. The fourth-order valence-corrected chi connectivity index (χ4v) is 4.75. The number of hydrogen-bond donors (Lipinski definition) is 1. The maximum absolute atomic E-state index is 13.1. The van der Waals surface area contributed by atoms with Crippen LogP contribution >= 0.6 is 0 Å². The van der Waals surface area contributed by atoms with Crippen LogP contribution in [0.4, 0.5) is 0 Å². The van der Waals surface area contributed by atoms with Crippen molar-refractivity contribution in [3.8, 4) is 0 Å². The van der Waals surface area contributed by atoms with Crippen molar-refractivity contribution in [2.75, 3.05) is 26.4 Å². The first-order valence-electron chi connectivity index (χ1n) is 12.1. The Bertz CT molecular complexity index is 1070. The average molecular weight is 499 g/mol. The van der Waals surface area contributed by atoms with Gasteiger partial charge in [-0.05, 0) is 58.3 Å². The minimum atomic E-state index is -1.39. The summed E-state index contributed by atoms with van der Waals surface area (Å²) in [5, 5.41) is 2.65. The normalized spacial score (nSPS) is 21.0. The van der Waals surface area contributed by atoms with Crippen LogP contribution in [-0.2, 0) is 23.9 Å². The van der Waals surface area contributed by atoms with Crippen LogP contribution in [-0.4, -0.2) is 88.2 Å². The van der Waals surface area contributed by atoms with Crippen molar-refractivity contribution in [3.05, 3.63) is 35.4 Å². The van der Waals surface area contributed by atoms with Crippen LogP contribution in [0.25, 0.3) is 0 Å². The number of amides is 5. The molecule has 1 aromatic carbocycles. The van der Waals surface area contributed by atoms with Gasteiger partial charge in [0.15, 0.2) is 6.73 Å². The molecule has 2 fully saturated rings. The highest BCUT2D eigenvalue weighted by molar-refractivity contribution is 6.23. The molecule has 1 aromatic rings. The molecule has 0 saturated carbocycles. The van der Waals surface area contributed by atoms with Crippen molar-refractivity contribution in [1.82, 2.24) is 20.0 Å². The van der Waals surface area contributed by atoms with Gasteiger partial charge in [-0.25, -0.2) is 9.69 Å². The van der Waals surface area contributed by atoms with E-state index in [2.05, 4.69) is 5.32 Å². The van der Waals surface area contributed by atoms with E-state index in [0.717, 1.165) is 42.2 Å². The number of carbonyl (C=O) groups excluding carboxylic acids is 6. The molecule has 0 bridgehead atoms. The molecule has 0 spiro atoms. The molecule has 11 nitrogen and oxygen atoms in total. The van der Waals surface area contributed by atoms with Crippen molar-refractivity contribution in [3.63, 3.8) is 0 Å². The zero-order valence-electron chi connectivity index (χ0n) is 20.5. The van der Waals surface area contributed by atoms with Crippen LogP contribution < -0.4 is 5.32 Å². The second-order valence-corrected chi connectivity index (χ2v) is 9.81. The molecule has 3 aliphatic rings. The van der Waals surface area contributed by atoms with E-state index in [9.17, 15) is 28.8 Å². The third-order valence-electron chi connectivity index (χ3n) is 6.72. The first-order chi connectivity index (χ1) is 17.1. The van der Waals surface area contributed by atoms with Crippen molar-refractivity contribution < 1.29 is 33.5 Å². The average Bonchev–Trinajstić information content (AvgIpc) is 3.09. The van der Waals surface area contributed by atoms with E-state index in [4.69, 9.17) is 4.74 Å². The topological polar surface area (TPSA) is 133 Å². The lowest BCUT2D eigenvalue weighted by Crippen LogP contribution is -2.58. The Hall–Kier alpha value is -3.60. The largest absolute Gasteiger partial charge is 0.442 e. The number of benzene rings is 1. The van der Waals surface area contributed by atoms with E-state index < -0.39 is 47.9 Å². The SMILES string of the molecule is CC(C)(NC(=O)CN1CCCCC1)C(=O)OCN1C(=O)CCC(N2C(=O)c3ccccc3C2=O)C1=O. The van der Waals surface area contributed by atoms with E-state index in [1.807, 2.05) is 4.90 Å². The number of hydrogen-bond acceptors (Lipinski definition) is 8. The van der Waals surface area contributed by atoms with Crippen LogP contribution in [0.3, 0.4) is 0 Å². The molecule has 0 radical (unpaired) electrons. The molecule has 1 atom stereocenters. The number of piperidine rings is 2. The molecule has 4 rings (SSSR count). The molecule has 36 heavy (non-hydrogen) atoms. The summed E-state index contributed by atoms with van der Waals surface area (Å²) < 4.78 is 5.23. The number of nitrogens with zero attached hydrogens (tertiary/aromatic N) is 3. The molecule has 1 N–H and O–H groups in total. The van der Waals surface area contributed by atoms with Gasteiger partial charge in [0.25, 0.3) is 17.7 Å². The second-order valence-electron chi connectivity index (χ2n) is 9.81. The Morgan fingerprint density at radius 3 is 2.22 bits per heavy atom. The molecular formula is C25H30N4O7. The third-order valence-corrected chi connectivity index (χ3v) is 6.72. The van der Waals surface area contributed by atoms with Gasteiger partial charge in [0.1, 0.15) is 11.6 Å². The van der Waals surface area contributed by atoms with Gasteiger partial charge in [-0.3, -0.25) is 33.8 Å². The van der Waals surface area contributed by atoms with Crippen LogP contribution in [0.15, 0.2) is 24.3 Å². The van der Waals surface area contributed by atoms with Crippen LogP contribution in [0.1, 0.15) is 66.7 Å². The lowest BCUT2D eigenvalue weighted by molar-refractivity contribution is -0.167. The van der Waals surface area contributed by atoms with E-state index in [1.54, 1.807) is 12.1 Å². The Morgan fingerprint density at radius 2 is 1.61 bits per heavy atom. The number of imide groups is 2. The molecule has 0 aromatic heterocycles. The van der Waals surface area contributed by atoms with Gasteiger partial charge in [0.2, 0.25) is 11.8 Å². The summed E-state index contributed by atoms with van der Waals surface area (Å²) >= 11 is 0. The molecule has 0 aliphatic carbocycles. The van der Waals surface area contributed by atoms with Gasteiger partial charge in [0, 0.05) is 6.42 Å². The summed E-state index contributed by atoms with van der Waals surface area (Å²) in [5.41, 5.74) is -0.990. The molecular weight excluding hydrogens is 468 g/mol. The highest BCUT2D eigenvalue weighted by Gasteiger charge is 2.47. The lowest BCUT2D eigenvalue weighted by atomic mass is 10.0. The Balaban J connectivity index is 1.36. The Labute approximate surface area is 208 Å². The maximum Gasteiger partial charge on any atom is 0.333 e. The molecule has 3 heterocycles. The first kappa shape index (κ1) is 25.5. The number of fused-ring (bicyclic) bond motifs is 1. The van der Waals surface area contributed by atoms with E-state index in [-0.39, 0.29) is 36.4 Å². The predicted molar refractivity (Wildman–Crippen MR) is 125 cm³/mol.